The summed E-state index contributed by atoms with van der Waals surface area (Å²) in [6.07, 6.45) is 4.35. The molecule has 1 fully saturated rings. The molecule has 0 bridgehead atoms. The van der Waals surface area contributed by atoms with E-state index >= 15 is 0 Å². The first kappa shape index (κ1) is 15.0. The summed E-state index contributed by atoms with van der Waals surface area (Å²) >= 11 is 0. The van der Waals surface area contributed by atoms with Gasteiger partial charge in [-0.2, -0.15) is 8.78 Å². The molecule has 0 atom stereocenters. The van der Waals surface area contributed by atoms with E-state index in [2.05, 4.69) is 10.1 Å². The molecule has 0 saturated carbocycles. The first-order valence-corrected chi connectivity index (χ1v) is 7.01. The van der Waals surface area contributed by atoms with Crippen LogP contribution in [0.4, 0.5) is 8.78 Å². The first-order chi connectivity index (χ1) is 9.69. The third kappa shape index (κ3) is 4.34. The highest BCUT2D eigenvalue weighted by atomic mass is 19.3. The molecular formula is C15H21F2NO2. The zero-order chi connectivity index (χ0) is 14.4. The fourth-order valence-electron chi connectivity index (χ4n) is 2.61. The molecule has 0 amide bonds. The number of ether oxygens (including phenoxy) is 2. The minimum atomic E-state index is -2.83. The van der Waals surface area contributed by atoms with Gasteiger partial charge in [0.05, 0.1) is 7.11 Å². The van der Waals surface area contributed by atoms with Crippen LogP contribution in [0, 0.1) is 5.92 Å². The molecule has 0 aliphatic carbocycles. The first-order valence-electron chi connectivity index (χ1n) is 7.01. The van der Waals surface area contributed by atoms with Crippen molar-refractivity contribution in [3.8, 4) is 11.5 Å². The van der Waals surface area contributed by atoms with Crippen molar-refractivity contribution < 1.29 is 18.3 Å². The van der Waals surface area contributed by atoms with Gasteiger partial charge in [0.25, 0.3) is 0 Å². The van der Waals surface area contributed by atoms with Crippen molar-refractivity contribution >= 4 is 0 Å². The highest BCUT2D eigenvalue weighted by Gasteiger charge is 2.14. The molecule has 20 heavy (non-hydrogen) atoms. The van der Waals surface area contributed by atoms with Gasteiger partial charge >= 0.3 is 6.61 Å². The van der Waals surface area contributed by atoms with Gasteiger partial charge < -0.3 is 14.8 Å². The van der Waals surface area contributed by atoms with Crippen molar-refractivity contribution in [2.45, 2.75) is 32.3 Å². The summed E-state index contributed by atoms with van der Waals surface area (Å²) in [6.45, 7) is -0.677. The second kappa shape index (κ2) is 7.43. The minimum absolute atomic E-state index is 0.116. The Morgan fingerprint density at radius 3 is 2.65 bits per heavy atom. The van der Waals surface area contributed by atoms with Gasteiger partial charge in [0.2, 0.25) is 0 Å². The van der Waals surface area contributed by atoms with Crippen molar-refractivity contribution in [3.05, 3.63) is 23.8 Å². The van der Waals surface area contributed by atoms with E-state index in [4.69, 9.17) is 4.74 Å². The predicted molar refractivity (Wildman–Crippen MR) is 73.5 cm³/mol. The lowest BCUT2D eigenvalue weighted by Gasteiger charge is -2.22. The monoisotopic (exact) mass is 285 g/mol. The van der Waals surface area contributed by atoms with E-state index in [1.54, 1.807) is 12.1 Å². The molecule has 3 nitrogen and oxygen atoms in total. The number of rotatable bonds is 6. The predicted octanol–water partition coefficient (Wildman–Crippen LogP) is 3.23. The van der Waals surface area contributed by atoms with Gasteiger partial charge in [-0.3, -0.25) is 0 Å². The van der Waals surface area contributed by atoms with Crippen LogP contribution in [0.25, 0.3) is 0 Å². The van der Waals surface area contributed by atoms with Crippen molar-refractivity contribution in [1.82, 2.24) is 5.32 Å². The molecule has 112 valence electrons. The van der Waals surface area contributed by atoms with E-state index in [0.717, 1.165) is 37.4 Å². The average molecular weight is 285 g/mol. The second-order valence-electron chi connectivity index (χ2n) is 5.10. The van der Waals surface area contributed by atoms with Crippen LogP contribution < -0.4 is 14.8 Å². The van der Waals surface area contributed by atoms with Crippen LogP contribution in [0.15, 0.2) is 18.2 Å². The molecule has 5 heteroatoms. The van der Waals surface area contributed by atoms with Crippen LogP contribution >= 0.6 is 0 Å². The zero-order valence-electron chi connectivity index (χ0n) is 11.7. The van der Waals surface area contributed by atoms with Gasteiger partial charge in [-0.25, -0.2) is 0 Å². The molecule has 0 radical (unpaired) electrons. The summed E-state index contributed by atoms with van der Waals surface area (Å²) in [5.41, 5.74) is 1.01. The normalized spacial score (nSPS) is 16.4. The molecule has 1 aromatic rings. The van der Waals surface area contributed by atoms with Crippen LogP contribution in [-0.4, -0.2) is 26.8 Å². The molecule has 1 saturated heterocycles. The zero-order valence-corrected chi connectivity index (χ0v) is 11.7. The molecular weight excluding hydrogens is 264 g/mol. The van der Waals surface area contributed by atoms with Crippen molar-refractivity contribution in [2.75, 3.05) is 20.2 Å². The number of halogens is 2. The Balaban J connectivity index is 1.96. The highest BCUT2D eigenvalue weighted by molar-refractivity contribution is 5.43. The van der Waals surface area contributed by atoms with E-state index in [1.807, 2.05) is 6.07 Å². The largest absolute Gasteiger partial charge is 0.493 e. The fourth-order valence-corrected chi connectivity index (χ4v) is 2.61. The van der Waals surface area contributed by atoms with Crippen LogP contribution in [0.2, 0.25) is 0 Å². The molecule has 0 spiro atoms. The number of benzene rings is 1. The molecule has 1 aliphatic heterocycles. The molecule has 1 heterocycles. The lowest BCUT2D eigenvalue weighted by Crippen LogP contribution is -2.27. The van der Waals surface area contributed by atoms with Crippen molar-refractivity contribution in [3.63, 3.8) is 0 Å². The molecule has 2 rings (SSSR count). The molecule has 1 aromatic carbocycles. The summed E-state index contributed by atoms with van der Waals surface area (Å²) in [6, 6.07) is 5.26. The van der Waals surface area contributed by atoms with E-state index in [-0.39, 0.29) is 5.75 Å². The smallest absolute Gasteiger partial charge is 0.387 e. The maximum absolute atomic E-state index is 12.4. The Morgan fingerprint density at radius 2 is 2.00 bits per heavy atom. The van der Waals surface area contributed by atoms with E-state index < -0.39 is 6.61 Å². The third-order valence-electron chi connectivity index (χ3n) is 3.74. The number of nitrogens with one attached hydrogen (secondary N) is 1. The number of methoxy groups -OCH3 is 1. The Kier molecular flexibility index (Phi) is 5.59. The minimum Gasteiger partial charge on any atom is -0.493 e. The van der Waals surface area contributed by atoms with E-state index in [0.29, 0.717) is 5.75 Å². The number of hydrogen-bond donors (Lipinski definition) is 1. The summed E-state index contributed by atoms with van der Waals surface area (Å²) in [4.78, 5) is 0. The Morgan fingerprint density at radius 1 is 1.25 bits per heavy atom. The number of hydrogen-bond acceptors (Lipinski definition) is 3. The van der Waals surface area contributed by atoms with Gasteiger partial charge in [0, 0.05) is 0 Å². The van der Waals surface area contributed by atoms with Gasteiger partial charge in [-0.15, -0.1) is 0 Å². The Bertz CT molecular complexity index is 420. The molecule has 0 aromatic heterocycles. The SMILES string of the molecule is COc1ccc(CCC2CCNCC2)cc1OC(F)F. The van der Waals surface area contributed by atoms with Crippen LogP contribution in [0.1, 0.15) is 24.8 Å². The maximum Gasteiger partial charge on any atom is 0.387 e. The van der Waals surface area contributed by atoms with Crippen LogP contribution in [-0.2, 0) is 6.42 Å². The van der Waals surface area contributed by atoms with Crippen molar-refractivity contribution in [1.29, 1.82) is 0 Å². The van der Waals surface area contributed by atoms with Gasteiger partial charge in [0.15, 0.2) is 11.5 Å². The summed E-state index contributed by atoms with van der Waals surface area (Å²) in [5.74, 6) is 1.18. The second-order valence-corrected chi connectivity index (χ2v) is 5.10. The lowest BCUT2D eigenvalue weighted by atomic mass is 9.91. The van der Waals surface area contributed by atoms with E-state index in [1.165, 1.54) is 20.0 Å². The van der Waals surface area contributed by atoms with Crippen LogP contribution in [0.3, 0.4) is 0 Å². The third-order valence-corrected chi connectivity index (χ3v) is 3.74. The molecule has 1 aliphatic rings. The Hall–Kier alpha value is -1.36. The summed E-state index contributed by atoms with van der Waals surface area (Å²) in [5, 5.41) is 3.34. The lowest BCUT2D eigenvalue weighted by molar-refractivity contribution is -0.0512. The molecule has 0 unspecified atom stereocenters. The quantitative estimate of drug-likeness (QED) is 0.870. The van der Waals surface area contributed by atoms with E-state index in [9.17, 15) is 8.78 Å². The Labute approximate surface area is 118 Å². The summed E-state index contributed by atoms with van der Waals surface area (Å²) in [7, 11) is 1.45. The van der Waals surface area contributed by atoms with Gasteiger partial charge in [-0.1, -0.05) is 6.07 Å². The highest BCUT2D eigenvalue weighted by Crippen LogP contribution is 2.30. The number of aryl methyl sites for hydroxylation is 1. The van der Waals surface area contributed by atoms with Gasteiger partial charge in [0.1, 0.15) is 0 Å². The average Bonchev–Trinajstić information content (AvgIpc) is 2.46. The maximum atomic E-state index is 12.4. The van der Waals surface area contributed by atoms with Crippen molar-refractivity contribution in [2.24, 2.45) is 5.92 Å². The number of alkyl halides is 2. The topological polar surface area (TPSA) is 30.5 Å². The van der Waals surface area contributed by atoms with Gasteiger partial charge in [-0.05, 0) is 62.4 Å². The van der Waals surface area contributed by atoms with Crippen LogP contribution in [0.5, 0.6) is 11.5 Å². The summed E-state index contributed by atoms with van der Waals surface area (Å²) < 4.78 is 34.3. The molecule has 1 N–H and O–H groups in total. The fraction of sp³-hybridized carbons (Fsp3) is 0.600. The number of piperidine rings is 1. The standard InChI is InChI=1S/C15H21F2NO2/c1-19-13-5-4-12(10-14(13)20-15(16)17)3-2-11-6-8-18-9-7-11/h4-5,10-11,15,18H,2-3,6-9H2,1H3.